The van der Waals surface area contributed by atoms with Crippen molar-refractivity contribution >= 4 is 37.8 Å². The Morgan fingerprint density at radius 1 is 1.35 bits per heavy atom. The minimum Gasteiger partial charge on any atom is -0.459 e. The topological polar surface area (TPSA) is 38.3 Å². The summed E-state index contributed by atoms with van der Waals surface area (Å²) in [5.74, 6) is 0.247. The van der Waals surface area contributed by atoms with E-state index in [-0.39, 0.29) is 17.5 Å². The van der Waals surface area contributed by atoms with Gasteiger partial charge in [-0.1, -0.05) is 31.9 Å². The number of rotatable bonds is 5. The smallest absolute Gasteiger partial charge is 0.311 e. The number of carbonyl (C=O) groups is 1. The van der Waals surface area contributed by atoms with E-state index in [9.17, 15) is 4.79 Å². The van der Waals surface area contributed by atoms with Crippen LogP contribution < -0.4 is 5.32 Å². The van der Waals surface area contributed by atoms with Crippen LogP contribution in [0.4, 0.5) is 0 Å². The van der Waals surface area contributed by atoms with Gasteiger partial charge in [0.15, 0.2) is 0 Å². The second-order valence-corrected chi connectivity index (χ2v) is 6.35. The Balaban J connectivity index is 2.54. The summed E-state index contributed by atoms with van der Waals surface area (Å²) in [6.07, 6.45) is 2.15. The number of nitrogens with one attached hydrogen (secondary N) is 1. The molecule has 17 heavy (non-hydrogen) atoms. The first kappa shape index (κ1) is 15.4. The number of carbonyl (C=O) groups excluding carboxylic acids is 1. The summed E-state index contributed by atoms with van der Waals surface area (Å²) in [4.78, 5) is 12.0. The monoisotopic (exact) mass is 369 g/mol. The molecule has 1 saturated heterocycles. The standard InChI is InChI=1S/C12H21Br2NO2/c1-12(2,10-3-5-15-6-4-10)17-11(16)9(7-13)8-14/h9-10,15H,3-8H2,1-2H3. The Kier molecular flexibility index (Phi) is 6.45. The van der Waals surface area contributed by atoms with Crippen LogP contribution in [0.25, 0.3) is 0 Å². The number of alkyl halides is 2. The fraction of sp³-hybridized carbons (Fsp3) is 0.917. The molecule has 0 spiro atoms. The highest BCUT2D eigenvalue weighted by Gasteiger charge is 2.35. The summed E-state index contributed by atoms with van der Waals surface area (Å²) >= 11 is 6.68. The minimum absolute atomic E-state index is 0.101. The molecule has 0 amide bonds. The molecule has 0 aliphatic carbocycles. The Morgan fingerprint density at radius 3 is 2.35 bits per heavy atom. The molecule has 1 fully saturated rings. The van der Waals surface area contributed by atoms with Gasteiger partial charge in [-0.3, -0.25) is 4.79 Å². The summed E-state index contributed by atoms with van der Waals surface area (Å²) < 4.78 is 5.69. The molecule has 1 aliphatic rings. The zero-order chi connectivity index (χ0) is 12.9. The maximum Gasteiger partial charge on any atom is 0.311 e. The summed E-state index contributed by atoms with van der Waals surface area (Å²) in [6, 6.07) is 0. The van der Waals surface area contributed by atoms with Crippen molar-refractivity contribution in [2.24, 2.45) is 11.8 Å². The van der Waals surface area contributed by atoms with Crippen LogP contribution in [0.5, 0.6) is 0 Å². The summed E-state index contributed by atoms with van der Waals surface area (Å²) in [5.41, 5.74) is -0.359. The molecule has 0 atom stereocenters. The van der Waals surface area contributed by atoms with Crippen LogP contribution >= 0.6 is 31.9 Å². The highest BCUT2D eigenvalue weighted by atomic mass is 79.9. The number of halogens is 2. The molecular formula is C12H21Br2NO2. The molecule has 1 heterocycles. The van der Waals surface area contributed by atoms with Crippen LogP contribution in [0.1, 0.15) is 26.7 Å². The van der Waals surface area contributed by atoms with Gasteiger partial charge in [0, 0.05) is 16.6 Å². The Bertz CT molecular complexity index is 249. The lowest BCUT2D eigenvalue weighted by Gasteiger charge is -2.37. The first-order chi connectivity index (χ1) is 8.01. The lowest BCUT2D eigenvalue weighted by Crippen LogP contribution is -2.44. The van der Waals surface area contributed by atoms with Crippen LogP contribution in [0.15, 0.2) is 0 Å². The fourth-order valence-electron chi connectivity index (χ4n) is 2.11. The third-order valence-electron chi connectivity index (χ3n) is 3.39. The van der Waals surface area contributed by atoms with Crippen molar-refractivity contribution < 1.29 is 9.53 Å². The van der Waals surface area contributed by atoms with E-state index in [2.05, 4.69) is 37.2 Å². The van der Waals surface area contributed by atoms with Gasteiger partial charge < -0.3 is 10.1 Å². The molecule has 100 valence electrons. The van der Waals surface area contributed by atoms with Crippen LogP contribution in [0.3, 0.4) is 0 Å². The molecule has 0 aromatic rings. The average Bonchev–Trinajstić information content (AvgIpc) is 2.31. The normalized spacial score (nSPS) is 18.4. The van der Waals surface area contributed by atoms with Gasteiger partial charge in [-0.25, -0.2) is 0 Å². The third kappa shape index (κ3) is 4.52. The molecular weight excluding hydrogens is 350 g/mol. The highest BCUT2D eigenvalue weighted by molar-refractivity contribution is 9.09. The van der Waals surface area contributed by atoms with E-state index < -0.39 is 0 Å². The van der Waals surface area contributed by atoms with E-state index in [0.29, 0.717) is 16.6 Å². The van der Waals surface area contributed by atoms with Gasteiger partial charge in [0.25, 0.3) is 0 Å². The zero-order valence-electron chi connectivity index (χ0n) is 10.5. The van der Waals surface area contributed by atoms with Gasteiger partial charge in [0.05, 0.1) is 5.92 Å². The molecule has 0 unspecified atom stereocenters. The van der Waals surface area contributed by atoms with E-state index in [1.165, 1.54) is 0 Å². The van der Waals surface area contributed by atoms with E-state index in [0.717, 1.165) is 25.9 Å². The molecule has 0 radical (unpaired) electrons. The van der Waals surface area contributed by atoms with Gasteiger partial charge in [-0.2, -0.15) is 0 Å². The zero-order valence-corrected chi connectivity index (χ0v) is 13.6. The summed E-state index contributed by atoms with van der Waals surface area (Å²) in [7, 11) is 0. The summed E-state index contributed by atoms with van der Waals surface area (Å²) in [5, 5.41) is 4.61. The quantitative estimate of drug-likeness (QED) is 0.597. The molecule has 0 bridgehead atoms. The van der Waals surface area contributed by atoms with Crippen LogP contribution in [0, 0.1) is 11.8 Å². The van der Waals surface area contributed by atoms with Gasteiger partial charge >= 0.3 is 5.97 Å². The lowest BCUT2D eigenvalue weighted by molar-refractivity contribution is -0.166. The maximum atomic E-state index is 12.0. The number of ether oxygens (including phenoxy) is 1. The van der Waals surface area contributed by atoms with Crippen LogP contribution in [0.2, 0.25) is 0 Å². The van der Waals surface area contributed by atoms with E-state index in [4.69, 9.17) is 4.74 Å². The molecule has 0 aromatic heterocycles. The molecule has 1 rings (SSSR count). The molecule has 5 heteroatoms. The number of piperidine rings is 1. The predicted octanol–water partition coefficient (Wildman–Crippen LogP) is 2.71. The maximum absolute atomic E-state index is 12.0. The van der Waals surface area contributed by atoms with E-state index in [1.807, 2.05) is 13.8 Å². The second kappa shape index (κ2) is 7.10. The van der Waals surface area contributed by atoms with Crippen molar-refractivity contribution in [2.75, 3.05) is 23.7 Å². The van der Waals surface area contributed by atoms with Crippen molar-refractivity contribution in [2.45, 2.75) is 32.3 Å². The molecule has 0 aromatic carbocycles. The molecule has 0 saturated carbocycles. The molecule has 1 aliphatic heterocycles. The highest BCUT2D eigenvalue weighted by Crippen LogP contribution is 2.30. The predicted molar refractivity (Wildman–Crippen MR) is 76.8 cm³/mol. The van der Waals surface area contributed by atoms with E-state index >= 15 is 0 Å². The van der Waals surface area contributed by atoms with Crippen molar-refractivity contribution in [3.8, 4) is 0 Å². The lowest BCUT2D eigenvalue weighted by atomic mass is 9.83. The summed E-state index contributed by atoms with van der Waals surface area (Å²) in [6.45, 7) is 6.10. The number of esters is 1. The second-order valence-electron chi connectivity index (χ2n) is 5.05. The SMILES string of the molecule is CC(C)(OC(=O)C(CBr)CBr)C1CCNCC1. The van der Waals surface area contributed by atoms with Gasteiger partial charge in [-0.15, -0.1) is 0 Å². The van der Waals surface area contributed by atoms with Crippen LogP contribution in [-0.2, 0) is 9.53 Å². The number of hydrogen-bond acceptors (Lipinski definition) is 3. The average molecular weight is 371 g/mol. The van der Waals surface area contributed by atoms with E-state index in [1.54, 1.807) is 0 Å². The third-order valence-corrected chi connectivity index (χ3v) is 4.95. The van der Waals surface area contributed by atoms with Crippen molar-refractivity contribution in [3.63, 3.8) is 0 Å². The Hall–Kier alpha value is 0.390. The van der Waals surface area contributed by atoms with Crippen molar-refractivity contribution in [1.29, 1.82) is 0 Å². The van der Waals surface area contributed by atoms with Gasteiger partial charge in [0.1, 0.15) is 5.60 Å². The van der Waals surface area contributed by atoms with Crippen molar-refractivity contribution in [3.05, 3.63) is 0 Å². The molecule has 3 nitrogen and oxygen atoms in total. The minimum atomic E-state index is -0.359. The first-order valence-corrected chi connectivity index (χ1v) is 8.31. The Labute approximate surface area is 120 Å². The van der Waals surface area contributed by atoms with Crippen LogP contribution in [-0.4, -0.2) is 35.3 Å². The van der Waals surface area contributed by atoms with Crippen molar-refractivity contribution in [1.82, 2.24) is 5.32 Å². The fourth-order valence-corrected chi connectivity index (χ4v) is 3.71. The largest absolute Gasteiger partial charge is 0.459 e. The van der Waals surface area contributed by atoms with Gasteiger partial charge in [0.2, 0.25) is 0 Å². The van der Waals surface area contributed by atoms with Gasteiger partial charge in [-0.05, 0) is 39.8 Å². The number of hydrogen-bond donors (Lipinski definition) is 1. The first-order valence-electron chi connectivity index (χ1n) is 6.06. The molecule has 1 N–H and O–H groups in total. The Morgan fingerprint density at radius 2 is 1.88 bits per heavy atom.